The topological polar surface area (TPSA) is 80.5 Å². The standard InChI is InChI=1S/C12H14F2N2O3S/c13-8-4-5-11(9(14)7-8)20(18,19)16-6-2-1-3-10(16)12(15)17/h4-5,7,10H,1-3,6H2,(H2,15,17)/t10-/m0/s1. The Labute approximate surface area is 115 Å². The van der Waals surface area contributed by atoms with Crippen molar-refractivity contribution in [3.05, 3.63) is 29.8 Å². The van der Waals surface area contributed by atoms with Crippen LogP contribution >= 0.6 is 0 Å². The molecule has 1 aliphatic heterocycles. The number of primary amides is 1. The zero-order valence-electron chi connectivity index (χ0n) is 10.6. The van der Waals surface area contributed by atoms with Gasteiger partial charge in [-0.3, -0.25) is 4.79 Å². The maximum atomic E-state index is 13.7. The fraction of sp³-hybridized carbons (Fsp3) is 0.417. The highest BCUT2D eigenvalue weighted by atomic mass is 32.2. The normalized spacial score (nSPS) is 20.8. The van der Waals surface area contributed by atoms with Crippen LogP contribution in [0.4, 0.5) is 8.78 Å². The van der Waals surface area contributed by atoms with Crippen molar-refractivity contribution in [3.8, 4) is 0 Å². The third-order valence-corrected chi connectivity index (χ3v) is 5.20. The van der Waals surface area contributed by atoms with Gasteiger partial charge in [0.1, 0.15) is 22.6 Å². The molecule has 1 atom stereocenters. The Kier molecular flexibility index (Phi) is 4.05. The van der Waals surface area contributed by atoms with E-state index in [0.717, 1.165) is 16.4 Å². The highest BCUT2D eigenvalue weighted by Gasteiger charge is 2.37. The molecule has 8 heteroatoms. The monoisotopic (exact) mass is 304 g/mol. The Balaban J connectivity index is 2.45. The molecular formula is C12H14F2N2O3S. The van der Waals surface area contributed by atoms with Crippen LogP contribution in [0.1, 0.15) is 19.3 Å². The quantitative estimate of drug-likeness (QED) is 0.904. The molecule has 0 aliphatic carbocycles. The summed E-state index contributed by atoms with van der Waals surface area (Å²) in [5.74, 6) is -2.82. The Morgan fingerprint density at radius 1 is 1.30 bits per heavy atom. The van der Waals surface area contributed by atoms with Gasteiger partial charge in [-0.25, -0.2) is 17.2 Å². The summed E-state index contributed by atoms with van der Waals surface area (Å²) in [6.45, 7) is 0.0900. The highest BCUT2D eigenvalue weighted by molar-refractivity contribution is 7.89. The average Bonchev–Trinajstić information content (AvgIpc) is 2.38. The Bertz CT molecular complexity index is 634. The Morgan fingerprint density at radius 3 is 2.60 bits per heavy atom. The summed E-state index contributed by atoms with van der Waals surface area (Å²) in [7, 11) is -4.21. The van der Waals surface area contributed by atoms with E-state index in [9.17, 15) is 22.0 Å². The predicted molar refractivity (Wildman–Crippen MR) is 67.1 cm³/mol. The van der Waals surface area contributed by atoms with E-state index in [0.29, 0.717) is 25.3 Å². The van der Waals surface area contributed by atoms with Crippen LogP contribution in [0.3, 0.4) is 0 Å². The van der Waals surface area contributed by atoms with Gasteiger partial charge in [-0.1, -0.05) is 6.42 Å². The van der Waals surface area contributed by atoms with Gasteiger partial charge < -0.3 is 5.73 Å². The first kappa shape index (κ1) is 14.9. The number of amides is 1. The Morgan fingerprint density at radius 2 is 2.00 bits per heavy atom. The van der Waals surface area contributed by atoms with Crippen molar-refractivity contribution in [1.82, 2.24) is 4.31 Å². The van der Waals surface area contributed by atoms with Crippen molar-refractivity contribution in [2.24, 2.45) is 5.73 Å². The van der Waals surface area contributed by atoms with Crippen LogP contribution in [0.5, 0.6) is 0 Å². The molecule has 1 aliphatic rings. The number of benzene rings is 1. The second kappa shape index (κ2) is 5.45. The van der Waals surface area contributed by atoms with Gasteiger partial charge in [0, 0.05) is 12.6 Å². The summed E-state index contributed by atoms with van der Waals surface area (Å²) < 4.78 is 52.2. The second-order valence-electron chi connectivity index (χ2n) is 4.60. The third-order valence-electron chi connectivity index (χ3n) is 3.26. The van der Waals surface area contributed by atoms with E-state index >= 15 is 0 Å². The molecule has 0 radical (unpaired) electrons. The molecule has 1 heterocycles. The summed E-state index contributed by atoms with van der Waals surface area (Å²) in [5, 5.41) is 0. The number of hydrogen-bond acceptors (Lipinski definition) is 3. The molecule has 1 saturated heterocycles. The summed E-state index contributed by atoms with van der Waals surface area (Å²) in [6, 6.07) is 1.22. The van der Waals surface area contributed by atoms with Crippen LogP contribution in [-0.4, -0.2) is 31.2 Å². The number of piperidine rings is 1. The number of halogens is 2. The maximum Gasteiger partial charge on any atom is 0.246 e. The summed E-state index contributed by atoms with van der Waals surface area (Å²) >= 11 is 0. The van der Waals surface area contributed by atoms with E-state index in [-0.39, 0.29) is 6.54 Å². The number of nitrogens with two attached hydrogens (primary N) is 1. The zero-order valence-corrected chi connectivity index (χ0v) is 11.4. The van der Waals surface area contributed by atoms with Crippen LogP contribution in [0, 0.1) is 11.6 Å². The smallest absolute Gasteiger partial charge is 0.246 e. The minimum absolute atomic E-state index is 0.0900. The van der Waals surface area contributed by atoms with E-state index in [1.54, 1.807) is 0 Å². The molecule has 110 valence electrons. The molecule has 0 bridgehead atoms. The molecule has 1 fully saturated rings. The van der Waals surface area contributed by atoms with Crippen molar-refractivity contribution in [1.29, 1.82) is 0 Å². The third kappa shape index (κ3) is 2.66. The lowest BCUT2D eigenvalue weighted by Crippen LogP contribution is -2.50. The largest absolute Gasteiger partial charge is 0.368 e. The van der Waals surface area contributed by atoms with E-state index in [1.807, 2.05) is 0 Å². The van der Waals surface area contributed by atoms with Crippen LogP contribution in [0.25, 0.3) is 0 Å². The minimum atomic E-state index is -4.21. The average molecular weight is 304 g/mol. The number of sulfonamides is 1. The van der Waals surface area contributed by atoms with Crippen LogP contribution in [0.2, 0.25) is 0 Å². The molecular weight excluding hydrogens is 290 g/mol. The van der Waals surface area contributed by atoms with Crippen LogP contribution in [-0.2, 0) is 14.8 Å². The van der Waals surface area contributed by atoms with Crippen molar-refractivity contribution in [2.45, 2.75) is 30.2 Å². The first-order valence-corrected chi connectivity index (χ1v) is 7.54. The van der Waals surface area contributed by atoms with Gasteiger partial charge in [-0.2, -0.15) is 4.31 Å². The van der Waals surface area contributed by atoms with Crippen molar-refractivity contribution in [3.63, 3.8) is 0 Å². The molecule has 1 aromatic rings. The number of hydrogen-bond donors (Lipinski definition) is 1. The van der Waals surface area contributed by atoms with Gasteiger partial charge in [0.05, 0.1) is 0 Å². The lowest BCUT2D eigenvalue weighted by Gasteiger charge is -2.32. The minimum Gasteiger partial charge on any atom is -0.368 e. The SMILES string of the molecule is NC(=O)[C@@H]1CCCCN1S(=O)(=O)c1ccc(F)cc1F. The van der Waals surface area contributed by atoms with Gasteiger partial charge in [0.25, 0.3) is 0 Å². The van der Waals surface area contributed by atoms with Gasteiger partial charge in [0.15, 0.2) is 0 Å². The predicted octanol–water partition coefficient (Wildman–Crippen LogP) is 0.993. The van der Waals surface area contributed by atoms with Gasteiger partial charge in [0.2, 0.25) is 15.9 Å². The molecule has 2 N–H and O–H groups in total. The lowest BCUT2D eigenvalue weighted by atomic mass is 10.0. The molecule has 0 unspecified atom stereocenters. The van der Waals surface area contributed by atoms with Crippen LogP contribution in [0.15, 0.2) is 23.1 Å². The molecule has 1 aromatic carbocycles. The molecule has 20 heavy (non-hydrogen) atoms. The van der Waals surface area contributed by atoms with E-state index < -0.39 is 38.5 Å². The second-order valence-corrected chi connectivity index (χ2v) is 6.46. The number of carbonyl (C=O) groups excluding carboxylic acids is 1. The van der Waals surface area contributed by atoms with Gasteiger partial charge >= 0.3 is 0 Å². The number of rotatable bonds is 3. The fourth-order valence-corrected chi connectivity index (χ4v) is 4.00. The van der Waals surface area contributed by atoms with E-state index in [4.69, 9.17) is 5.73 Å². The molecule has 0 spiro atoms. The van der Waals surface area contributed by atoms with E-state index in [2.05, 4.69) is 0 Å². The first-order chi connectivity index (χ1) is 9.34. The molecule has 0 aromatic heterocycles. The van der Waals surface area contributed by atoms with Crippen molar-refractivity contribution >= 4 is 15.9 Å². The summed E-state index contributed by atoms with van der Waals surface area (Å²) in [5.41, 5.74) is 5.20. The first-order valence-electron chi connectivity index (χ1n) is 6.10. The maximum absolute atomic E-state index is 13.7. The molecule has 5 nitrogen and oxygen atoms in total. The summed E-state index contributed by atoms with van der Waals surface area (Å²) in [6.07, 6.45) is 1.54. The molecule has 1 amide bonds. The van der Waals surface area contributed by atoms with Crippen molar-refractivity contribution in [2.75, 3.05) is 6.54 Å². The lowest BCUT2D eigenvalue weighted by molar-refractivity contribution is -0.122. The number of nitrogens with zero attached hydrogens (tertiary/aromatic N) is 1. The fourth-order valence-electron chi connectivity index (χ4n) is 2.29. The Hall–Kier alpha value is -1.54. The summed E-state index contributed by atoms with van der Waals surface area (Å²) in [4.78, 5) is 10.7. The highest BCUT2D eigenvalue weighted by Crippen LogP contribution is 2.27. The molecule has 2 rings (SSSR count). The van der Waals surface area contributed by atoms with Gasteiger partial charge in [-0.15, -0.1) is 0 Å². The van der Waals surface area contributed by atoms with Crippen LogP contribution < -0.4 is 5.73 Å². The van der Waals surface area contributed by atoms with E-state index in [1.165, 1.54) is 0 Å². The molecule has 0 saturated carbocycles. The number of carbonyl (C=O) groups is 1. The van der Waals surface area contributed by atoms with Gasteiger partial charge in [-0.05, 0) is 25.0 Å². The van der Waals surface area contributed by atoms with Crippen molar-refractivity contribution < 1.29 is 22.0 Å². The zero-order chi connectivity index (χ0) is 14.9.